The second-order valence-electron chi connectivity index (χ2n) is 5.80. The Hall–Kier alpha value is -3.28. The van der Waals surface area contributed by atoms with Crippen LogP contribution < -0.4 is 15.0 Å². The molecule has 4 rings (SSSR count). The summed E-state index contributed by atoms with van der Waals surface area (Å²) in [6, 6.07) is 12.0. The minimum Gasteiger partial charge on any atom is -0.486 e. The van der Waals surface area contributed by atoms with Gasteiger partial charge in [-0.15, -0.1) is 0 Å². The lowest BCUT2D eigenvalue weighted by Crippen LogP contribution is -2.21. The number of benzene rings is 2. The predicted molar refractivity (Wildman–Crippen MR) is 91.7 cm³/mol. The van der Waals surface area contributed by atoms with Crippen molar-refractivity contribution in [2.24, 2.45) is 0 Å². The molecule has 0 fully saturated rings. The van der Waals surface area contributed by atoms with E-state index in [0.29, 0.717) is 42.0 Å². The van der Waals surface area contributed by atoms with Crippen molar-refractivity contribution < 1.29 is 19.4 Å². The second-order valence-corrected chi connectivity index (χ2v) is 5.80. The summed E-state index contributed by atoms with van der Waals surface area (Å²) in [5.41, 5.74) is 0.802. The first-order chi connectivity index (χ1) is 12.1. The molecule has 2 aromatic carbocycles. The van der Waals surface area contributed by atoms with Crippen molar-refractivity contribution in [3.8, 4) is 11.5 Å². The van der Waals surface area contributed by atoms with E-state index >= 15 is 0 Å². The molecule has 126 valence electrons. The van der Waals surface area contributed by atoms with E-state index in [-0.39, 0.29) is 11.1 Å². The molecular formula is C19H15NO5. The van der Waals surface area contributed by atoms with Gasteiger partial charge in [-0.1, -0.05) is 12.1 Å². The van der Waals surface area contributed by atoms with Crippen LogP contribution >= 0.6 is 0 Å². The number of nitrogens with zero attached hydrogens (tertiary/aromatic N) is 1. The Morgan fingerprint density at radius 1 is 1.04 bits per heavy atom. The van der Waals surface area contributed by atoms with Gasteiger partial charge in [0, 0.05) is 17.0 Å². The quantitative estimate of drug-likeness (QED) is 0.794. The lowest BCUT2D eigenvalue weighted by molar-refractivity contribution is 0.0699. The van der Waals surface area contributed by atoms with Crippen molar-refractivity contribution in [1.29, 1.82) is 0 Å². The number of pyridine rings is 1. The van der Waals surface area contributed by atoms with E-state index < -0.39 is 5.97 Å². The maximum Gasteiger partial charge on any atom is 0.336 e. The lowest BCUT2D eigenvalue weighted by atomic mass is 10.1. The Bertz CT molecular complexity index is 1040. The van der Waals surface area contributed by atoms with Gasteiger partial charge in [0.05, 0.1) is 12.1 Å². The largest absolute Gasteiger partial charge is 0.486 e. The van der Waals surface area contributed by atoms with Crippen molar-refractivity contribution in [1.82, 2.24) is 4.57 Å². The summed E-state index contributed by atoms with van der Waals surface area (Å²) in [6.45, 7) is 1.40. The Morgan fingerprint density at radius 3 is 2.64 bits per heavy atom. The van der Waals surface area contributed by atoms with Gasteiger partial charge in [0.2, 0.25) is 0 Å². The standard InChI is InChI=1S/C19H15NO5/c21-18-14-2-1-3-15(19(22)23)13(14)6-7-20(18)11-12-4-5-16-17(10-12)25-9-8-24-16/h1-7,10H,8-9,11H2,(H,22,23). The van der Waals surface area contributed by atoms with E-state index in [1.165, 1.54) is 6.07 Å². The molecule has 0 spiro atoms. The number of aromatic carboxylic acids is 1. The topological polar surface area (TPSA) is 77.8 Å². The van der Waals surface area contributed by atoms with Crippen LogP contribution in [0.2, 0.25) is 0 Å². The predicted octanol–water partition coefficient (Wildman–Crippen LogP) is 2.52. The first kappa shape index (κ1) is 15.3. The molecule has 1 aliphatic rings. The Balaban J connectivity index is 1.74. The van der Waals surface area contributed by atoms with Crippen LogP contribution in [-0.4, -0.2) is 28.9 Å². The zero-order chi connectivity index (χ0) is 17.4. The van der Waals surface area contributed by atoms with Crippen LogP contribution in [0, 0.1) is 0 Å². The lowest BCUT2D eigenvalue weighted by Gasteiger charge is -2.19. The van der Waals surface area contributed by atoms with Gasteiger partial charge in [0.15, 0.2) is 11.5 Å². The van der Waals surface area contributed by atoms with E-state index in [2.05, 4.69) is 0 Å². The highest BCUT2D eigenvalue weighted by Crippen LogP contribution is 2.30. The summed E-state index contributed by atoms with van der Waals surface area (Å²) in [7, 11) is 0. The Morgan fingerprint density at radius 2 is 1.84 bits per heavy atom. The third-order valence-electron chi connectivity index (χ3n) is 4.21. The minimum absolute atomic E-state index is 0.126. The fourth-order valence-corrected chi connectivity index (χ4v) is 3.01. The summed E-state index contributed by atoms with van der Waals surface area (Å²) >= 11 is 0. The fraction of sp³-hybridized carbons (Fsp3) is 0.158. The van der Waals surface area contributed by atoms with Gasteiger partial charge in [-0.25, -0.2) is 4.79 Å². The molecule has 0 radical (unpaired) electrons. The van der Waals surface area contributed by atoms with Gasteiger partial charge in [-0.05, 0) is 35.9 Å². The molecule has 2 heterocycles. The van der Waals surface area contributed by atoms with E-state index in [1.54, 1.807) is 29.0 Å². The maximum absolute atomic E-state index is 12.7. The van der Waals surface area contributed by atoms with E-state index in [1.807, 2.05) is 18.2 Å². The van der Waals surface area contributed by atoms with Crippen LogP contribution in [0.15, 0.2) is 53.5 Å². The molecule has 0 bridgehead atoms. The molecule has 0 amide bonds. The third-order valence-corrected chi connectivity index (χ3v) is 4.21. The van der Waals surface area contributed by atoms with Gasteiger partial charge >= 0.3 is 5.97 Å². The average Bonchev–Trinajstić information content (AvgIpc) is 2.63. The van der Waals surface area contributed by atoms with Crippen molar-refractivity contribution in [2.45, 2.75) is 6.54 Å². The zero-order valence-corrected chi connectivity index (χ0v) is 13.3. The molecule has 25 heavy (non-hydrogen) atoms. The van der Waals surface area contributed by atoms with Crippen LogP contribution in [-0.2, 0) is 6.54 Å². The maximum atomic E-state index is 12.7. The highest BCUT2D eigenvalue weighted by atomic mass is 16.6. The SMILES string of the molecule is O=C(O)c1cccc2c(=O)n(Cc3ccc4c(c3)OCCO4)ccc12. The molecular weight excluding hydrogens is 322 g/mol. The van der Waals surface area contributed by atoms with Crippen molar-refractivity contribution >= 4 is 16.7 Å². The average molecular weight is 337 g/mol. The number of aromatic nitrogens is 1. The number of carbonyl (C=O) groups is 1. The van der Waals surface area contributed by atoms with Gasteiger partial charge in [0.1, 0.15) is 13.2 Å². The second kappa shape index (κ2) is 5.98. The third kappa shape index (κ3) is 2.71. The summed E-state index contributed by atoms with van der Waals surface area (Å²) < 4.78 is 12.6. The highest BCUT2D eigenvalue weighted by molar-refractivity contribution is 6.03. The number of hydrogen-bond acceptors (Lipinski definition) is 4. The van der Waals surface area contributed by atoms with Crippen LogP contribution in [0.1, 0.15) is 15.9 Å². The molecule has 0 atom stereocenters. The smallest absolute Gasteiger partial charge is 0.336 e. The summed E-state index contributed by atoms with van der Waals surface area (Å²) in [5, 5.41) is 10.1. The van der Waals surface area contributed by atoms with Crippen molar-refractivity contribution in [3.63, 3.8) is 0 Å². The van der Waals surface area contributed by atoms with Crippen LogP contribution in [0.3, 0.4) is 0 Å². The Kier molecular flexibility index (Phi) is 3.65. The molecule has 3 aromatic rings. The van der Waals surface area contributed by atoms with Crippen LogP contribution in [0.5, 0.6) is 11.5 Å². The van der Waals surface area contributed by atoms with E-state index in [9.17, 15) is 14.7 Å². The first-order valence-electron chi connectivity index (χ1n) is 7.87. The van der Waals surface area contributed by atoms with Gasteiger partial charge in [-0.3, -0.25) is 4.79 Å². The minimum atomic E-state index is -1.05. The first-order valence-corrected chi connectivity index (χ1v) is 7.87. The van der Waals surface area contributed by atoms with Crippen LogP contribution in [0.4, 0.5) is 0 Å². The number of hydrogen-bond donors (Lipinski definition) is 1. The summed E-state index contributed by atoms with van der Waals surface area (Å²) in [6.07, 6.45) is 1.62. The molecule has 0 unspecified atom stereocenters. The van der Waals surface area contributed by atoms with Gasteiger partial charge in [-0.2, -0.15) is 0 Å². The summed E-state index contributed by atoms with van der Waals surface area (Å²) in [5.74, 6) is 0.326. The van der Waals surface area contributed by atoms with Crippen molar-refractivity contribution in [3.05, 3.63) is 70.1 Å². The van der Waals surface area contributed by atoms with E-state index in [0.717, 1.165) is 5.56 Å². The Labute approximate surface area is 142 Å². The number of rotatable bonds is 3. The fourth-order valence-electron chi connectivity index (χ4n) is 3.01. The van der Waals surface area contributed by atoms with Crippen LogP contribution in [0.25, 0.3) is 10.8 Å². The molecule has 1 N–H and O–H groups in total. The summed E-state index contributed by atoms with van der Waals surface area (Å²) in [4.78, 5) is 24.0. The number of carboxylic acid groups (broad SMARTS) is 1. The number of ether oxygens (including phenoxy) is 2. The normalized spacial score (nSPS) is 13.0. The molecule has 1 aromatic heterocycles. The molecule has 1 aliphatic heterocycles. The molecule has 0 saturated carbocycles. The number of fused-ring (bicyclic) bond motifs is 2. The van der Waals surface area contributed by atoms with E-state index in [4.69, 9.17) is 9.47 Å². The van der Waals surface area contributed by atoms with Gasteiger partial charge < -0.3 is 19.1 Å². The zero-order valence-electron chi connectivity index (χ0n) is 13.3. The van der Waals surface area contributed by atoms with Gasteiger partial charge in [0.25, 0.3) is 5.56 Å². The van der Waals surface area contributed by atoms with Crippen molar-refractivity contribution in [2.75, 3.05) is 13.2 Å². The molecule has 0 saturated heterocycles. The molecule has 0 aliphatic carbocycles. The highest BCUT2D eigenvalue weighted by Gasteiger charge is 2.14. The monoisotopic (exact) mass is 337 g/mol. The number of carboxylic acids is 1. The molecule has 6 nitrogen and oxygen atoms in total. The molecule has 6 heteroatoms.